The smallest absolute Gasteiger partial charge is 0.322 e. The van der Waals surface area contributed by atoms with Gasteiger partial charge in [0.15, 0.2) is 0 Å². The molecule has 0 saturated carbocycles. The maximum Gasteiger partial charge on any atom is 0.322 e. The summed E-state index contributed by atoms with van der Waals surface area (Å²) in [6.07, 6.45) is 0. The van der Waals surface area contributed by atoms with Gasteiger partial charge in [0, 0.05) is 6.04 Å². The molecule has 0 aliphatic heterocycles. The van der Waals surface area contributed by atoms with Gasteiger partial charge in [-0.3, -0.25) is 10.1 Å². The molecule has 1 aromatic carbocycles. The molecular weight excluding hydrogens is 202 g/mol. The van der Waals surface area contributed by atoms with Crippen molar-refractivity contribution in [2.75, 3.05) is 6.61 Å². The summed E-state index contributed by atoms with van der Waals surface area (Å²) in [7, 11) is 0. The molecule has 1 aromatic rings. The van der Waals surface area contributed by atoms with E-state index in [1.165, 1.54) is 5.56 Å². The SMILES string of the molecule is CCOC(=O)C(C)N[C@@H](C)c1ccccc1. The Labute approximate surface area is 96.8 Å². The molecule has 16 heavy (non-hydrogen) atoms. The van der Waals surface area contributed by atoms with E-state index in [0.717, 1.165) is 0 Å². The van der Waals surface area contributed by atoms with E-state index >= 15 is 0 Å². The lowest BCUT2D eigenvalue weighted by atomic mass is 10.1. The number of esters is 1. The highest BCUT2D eigenvalue weighted by atomic mass is 16.5. The largest absolute Gasteiger partial charge is 0.465 e. The topological polar surface area (TPSA) is 38.3 Å². The van der Waals surface area contributed by atoms with Gasteiger partial charge >= 0.3 is 5.97 Å². The Morgan fingerprint density at radius 2 is 1.94 bits per heavy atom. The van der Waals surface area contributed by atoms with Crippen LogP contribution in [0.1, 0.15) is 32.4 Å². The van der Waals surface area contributed by atoms with Crippen molar-refractivity contribution < 1.29 is 9.53 Å². The second kappa shape index (κ2) is 6.28. The molecule has 2 atom stereocenters. The van der Waals surface area contributed by atoms with Crippen molar-refractivity contribution in [3.63, 3.8) is 0 Å². The van der Waals surface area contributed by atoms with E-state index < -0.39 is 0 Å². The van der Waals surface area contributed by atoms with E-state index in [9.17, 15) is 4.79 Å². The minimum atomic E-state index is -0.282. The van der Waals surface area contributed by atoms with Crippen LogP contribution in [0.25, 0.3) is 0 Å². The van der Waals surface area contributed by atoms with Crippen LogP contribution in [0.2, 0.25) is 0 Å². The minimum Gasteiger partial charge on any atom is -0.465 e. The summed E-state index contributed by atoms with van der Waals surface area (Å²) in [5, 5.41) is 3.21. The molecule has 0 aromatic heterocycles. The normalized spacial score (nSPS) is 14.2. The third-order valence-electron chi connectivity index (χ3n) is 2.44. The lowest BCUT2D eigenvalue weighted by Gasteiger charge is -2.19. The fourth-order valence-electron chi connectivity index (χ4n) is 1.55. The monoisotopic (exact) mass is 221 g/mol. The van der Waals surface area contributed by atoms with Crippen LogP contribution in [-0.4, -0.2) is 18.6 Å². The average Bonchev–Trinajstić information content (AvgIpc) is 2.30. The molecule has 1 rings (SSSR count). The average molecular weight is 221 g/mol. The molecule has 0 bridgehead atoms. The highest BCUT2D eigenvalue weighted by Gasteiger charge is 2.16. The fraction of sp³-hybridized carbons (Fsp3) is 0.462. The Morgan fingerprint density at radius 1 is 1.31 bits per heavy atom. The molecule has 0 radical (unpaired) electrons. The van der Waals surface area contributed by atoms with Gasteiger partial charge in [-0.1, -0.05) is 30.3 Å². The second-order valence-corrected chi connectivity index (χ2v) is 3.77. The van der Waals surface area contributed by atoms with Gasteiger partial charge in [-0.15, -0.1) is 0 Å². The molecular formula is C13H19NO2. The zero-order chi connectivity index (χ0) is 12.0. The summed E-state index contributed by atoms with van der Waals surface area (Å²) < 4.78 is 4.94. The molecule has 0 aliphatic rings. The molecule has 0 saturated heterocycles. The number of nitrogens with one attached hydrogen (secondary N) is 1. The molecule has 0 spiro atoms. The molecule has 1 unspecified atom stereocenters. The van der Waals surface area contributed by atoms with Crippen molar-refractivity contribution in [3.05, 3.63) is 35.9 Å². The summed E-state index contributed by atoms with van der Waals surface area (Å²) in [6.45, 7) is 6.08. The maximum atomic E-state index is 11.4. The van der Waals surface area contributed by atoms with E-state index in [4.69, 9.17) is 4.74 Å². The van der Waals surface area contributed by atoms with Crippen LogP contribution in [0, 0.1) is 0 Å². The predicted octanol–water partition coefficient (Wildman–Crippen LogP) is 2.29. The number of carbonyl (C=O) groups is 1. The van der Waals surface area contributed by atoms with Gasteiger partial charge in [0.25, 0.3) is 0 Å². The van der Waals surface area contributed by atoms with Gasteiger partial charge in [-0.25, -0.2) is 0 Å². The van der Waals surface area contributed by atoms with Gasteiger partial charge < -0.3 is 4.74 Å². The van der Waals surface area contributed by atoms with Crippen LogP contribution in [0.5, 0.6) is 0 Å². The first-order valence-electron chi connectivity index (χ1n) is 5.62. The minimum absolute atomic E-state index is 0.139. The van der Waals surface area contributed by atoms with Crippen molar-refractivity contribution in [2.24, 2.45) is 0 Å². The lowest BCUT2D eigenvalue weighted by Crippen LogP contribution is -2.37. The van der Waals surface area contributed by atoms with Crippen LogP contribution in [-0.2, 0) is 9.53 Å². The number of ether oxygens (including phenoxy) is 1. The predicted molar refractivity (Wildman–Crippen MR) is 64.1 cm³/mol. The molecule has 0 heterocycles. The third-order valence-corrected chi connectivity index (χ3v) is 2.44. The van der Waals surface area contributed by atoms with Gasteiger partial charge in [0.05, 0.1) is 6.61 Å². The van der Waals surface area contributed by atoms with Crippen LogP contribution in [0.4, 0.5) is 0 Å². The molecule has 1 N–H and O–H groups in total. The quantitative estimate of drug-likeness (QED) is 0.775. The Kier molecular flexibility index (Phi) is 4.99. The van der Waals surface area contributed by atoms with E-state index in [-0.39, 0.29) is 18.1 Å². The van der Waals surface area contributed by atoms with Crippen molar-refractivity contribution in [1.82, 2.24) is 5.32 Å². The Morgan fingerprint density at radius 3 is 2.50 bits per heavy atom. The van der Waals surface area contributed by atoms with Crippen molar-refractivity contribution >= 4 is 5.97 Å². The molecule has 0 fully saturated rings. The van der Waals surface area contributed by atoms with Crippen molar-refractivity contribution in [1.29, 1.82) is 0 Å². The van der Waals surface area contributed by atoms with Crippen LogP contribution in [0.3, 0.4) is 0 Å². The number of hydrogen-bond acceptors (Lipinski definition) is 3. The zero-order valence-corrected chi connectivity index (χ0v) is 10.1. The number of carbonyl (C=O) groups excluding carboxylic acids is 1. The first-order valence-corrected chi connectivity index (χ1v) is 5.62. The number of rotatable bonds is 5. The molecule has 0 aliphatic carbocycles. The third kappa shape index (κ3) is 3.66. The van der Waals surface area contributed by atoms with E-state index in [1.807, 2.05) is 51.1 Å². The maximum absolute atomic E-state index is 11.4. The van der Waals surface area contributed by atoms with E-state index in [0.29, 0.717) is 6.61 Å². The first-order chi connectivity index (χ1) is 7.65. The van der Waals surface area contributed by atoms with Gasteiger partial charge in [-0.05, 0) is 26.3 Å². The zero-order valence-electron chi connectivity index (χ0n) is 10.1. The molecule has 3 nitrogen and oxygen atoms in total. The molecule has 0 amide bonds. The summed E-state index contributed by atoms with van der Waals surface area (Å²) in [4.78, 5) is 11.4. The highest BCUT2D eigenvalue weighted by Crippen LogP contribution is 2.12. The summed E-state index contributed by atoms with van der Waals surface area (Å²) in [5.74, 6) is -0.203. The van der Waals surface area contributed by atoms with Crippen LogP contribution in [0.15, 0.2) is 30.3 Å². The van der Waals surface area contributed by atoms with E-state index in [1.54, 1.807) is 0 Å². The van der Waals surface area contributed by atoms with Gasteiger partial charge in [-0.2, -0.15) is 0 Å². The van der Waals surface area contributed by atoms with Gasteiger partial charge in [0.1, 0.15) is 6.04 Å². The summed E-state index contributed by atoms with van der Waals surface area (Å²) >= 11 is 0. The standard InChI is InChI=1S/C13H19NO2/c1-4-16-13(15)11(3)14-10(2)12-8-6-5-7-9-12/h5-11,14H,4H2,1-3H3/t10-,11?/m0/s1. The molecule has 88 valence electrons. The van der Waals surface area contributed by atoms with E-state index in [2.05, 4.69) is 5.32 Å². The van der Waals surface area contributed by atoms with Crippen LogP contribution >= 0.6 is 0 Å². The summed E-state index contributed by atoms with van der Waals surface area (Å²) in [6, 6.07) is 9.89. The molecule has 3 heteroatoms. The Balaban J connectivity index is 2.51. The number of benzene rings is 1. The Hall–Kier alpha value is -1.35. The fourth-order valence-corrected chi connectivity index (χ4v) is 1.55. The second-order valence-electron chi connectivity index (χ2n) is 3.77. The Bertz CT molecular complexity index is 324. The number of hydrogen-bond donors (Lipinski definition) is 1. The summed E-state index contributed by atoms with van der Waals surface area (Å²) in [5.41, 5.74) is 1.17. The van der Waals surface area contributed by atoms with Crippen LogP contribution < -0.4 is 5.32 Å². The van der Waals surface area contributed by atoms with Gasteiger partial charge in [0.2, 0.25) is 0 Å². The lowest BCUT2D eigenvalue weighted by molar-refractivity contribution is -0.145. The van der Waals surface area contributed by atoms with Crippen molar-refractivity contribution in [2.45, 2.75) is 32.9 Å². The highest BCUT2D eigenvalue weighted by molar-refractivity contribution is 5.75. The first kappa shape index (κ1) is 12.7. The van der Waals surface area contributed by atoms with Crippen molar-refractivity contribution in [3.8, 4) is 0 Å².